The van der Waals surface area contributed by atoms with Crippen molar-refractivity contribution in [2.24, 2.45) is 0 Å². The SMILES string of the molecule is O=C(Cc1ccc2ccccc2c1)Nc1ccc(C(=O)N2CCc3ccccc32)cc1. The third-order valence-electron chi connectivity index (χ3n) is 5.73. The van der Waals surface area contributed by atoms with E-state index < -0.39 is 0 Å². The highest BCUT2D eigenvalue weighted by Crippen LogP contribution is 2.29. The van der Waals surface area contributed by atoms with E-state index in [0.717, 1.165) is 28.4 Å². The Morgan fingerprint density at radius 3 is 2.39 bits per heavy atom. The fourth-order valence-electron chi connectivity index (χ4n) is 4.14. The normalized spacial score (nSPS) is 12.6. The predicted octanol–water partition coefficient (Wildman–Crippen LogP) is 5.22. The lowest BCUT2D eigenvalue weighted by Crippen LogP contribution is -2.28. The maximum atomic E-state index is 12.9. The summed E-state index contributed by atoms with van der Waals surface area (Å²) < 4.78 is 0. The summed E-state index contributed by atoms with van der Waals surface area (Å²) in [6, 6.07) is 29.3. The second-order valence-corrected chi connectivity index (χ2v) is 7.82. The van der Waals surface area contributed by atoms with Crippen LogP contribution in [0, 0.1) is 0 Å². The van der Waals surface area contributed by atoms with Gasteiger partial charge in [-0.15, -0.1) is 0 Å². The number of rotatable bonds is 4. The molecule has 5 rings (SSSR count). The Hall–Kier alpha value is -3.92. The predicted molar refractivity (Wildman–Crippen MR) is 125 cm³/mol. The van der Waals surface area contributed by atoms with E-state index in [0.29, 0.717) is 24.2 Å². The van der Waals surface area contributed by atoms with Crippen molar-refractivity contribution in [2.45, 2.75) is 12.8 Å². The number of hydrogen-bond acceptors (Lipinski definition) is 2. The fourth-order valence-corrected chi connectivity index (χ4v) is 4.14. The minimum Gasteiger partial charge on any atom is -0.326 e. The summed E-state index contributed by atoms with van der Waals surface area (Å²) in [4.78, 5) is 27.2. The monoisotopic (exact) mass is 406 g/mol. The lowest BCUT2D eigenvalue weighted by atomic mass is 10.0. The van der Waals surface area contributed by atoms with Crippen LogP contribution in [0.5, 0.6) is 0 Å². The van der Waals surface area contributed by atoms with Crippen LogP contribution >= 0.6 is 0 Å². The summed E-state index contributed by atoms with van der Waals surface area (Å²) in [5.41, 5.74) is 4.46. The summed E-state index contributed by atoms with van der Waals surface area (Å²) in [5, 5.41) is 5.21. The van der Waals surface area contributed by atoms with Crippen molar-refractivity contribution in [3.8, 4) is 0 Å². The second kappa shape index (κ2) is 8.07. The molecule has 152 valence electrons. The van der Waals surface area contributed by atoms with Gasteiger partial charge in [-0.05, 0) is 58.7 Å². The van der Waals surface area contributed by atoms with Gasteiger partial charge in [0.1, 0.15) is 0 Å². The molecule has 0 radical (unpaired) electrons. The number of carbonyl (C=O) groups is 2. The Bertz CT molecular complexity index is 1280. The van der Waals surface area contributed by atoms with Crippen LogP contribution in [-0.4, -0.2) is 18.4 Å². The van der Waals surface area contributed by atoms with Crippen molar-refractivity contribution in [1.29, 1.82) is 0 Å². The number of amides is 2. The second-order valence-electron chi connectivity index (χ2n) is 7.82. The van der Waals surface area contributed by atoms with Gasteiger partial charge in [-0.2, -0.15) is 0 Å². The largest absolute Gasteiger partial charge is 0.326 e. The summed E-state index contributed by atoms with van der Waals surface area (Å²) in [6.07, 6.45) is 1.18. The number of fused-ring (bicyclic) bond motifs is 2. The molecular formula is C27H22N2O2. The maximum absolute atomic E-state index is 12.9. The van der Waals surface area contributed by atoms with Crippen LogP contribution in [0.4, 0.5) is 11.4 Å². The first-order chi connectivity index (χ1) is 15.2. The Morgan fingerprint density at radius 2 is 1.55 bits per heavy atom. The van der Waals surface area contributed by atoms with Gasteiger partial charge in [0.05, 0.1) is 6.42 Å². The third-order valence-corrected chi connectivity index (χ3v) is 5.73. The Balaban J connectivity index is 1.24. The van der Waals surface area contributed by atoms with Crippen LogP contribution in [0.1, 0.15) is 21.5 Å². The molecule has 0 bridgehead atoms. The van der Waals surface area contributed by atoms with Crippen molar-refractivity contribution in [2.75, 3.05) is 16.8 Å². The van der Waals surface area contributed by atoms with E-state index in [9.17, 15) is 9.59 Å². The molecule has 4 nitrogen and oxygen atoms in total. The zero-order valence-electron chi connectivity index (χ0n) is 17.0. The van der Waals surface area contributed by atoms with Gasteiger partial charge < -0.3 is 10.2 Å². The summed E-state index contributed by atoms with van der Waals surface area (Å²) in [5.74, 6) is -0.0955. The molecule has 0 atom stereocenters. The van der Waals surface area contributed by atoms with E-state index in [1.807, 2.05) is 59.5 Å². The smallest absolute Gasteiger partial charge is 0.258 e. The minimum absolute atomic E-state index is 0.0148. The average molecular weight is 406 g/mol. The zero-order chi connectivity index (χ0) is 21.2. The molecule has 1 N–H and O–H groups in total. The quantitative estimate of drug-likeness (QED) is 0.505. The van der Waals surface area contributed by atoms with Crippen LogP contribution in [0.2, 0.25) is 0 Å². The molecule has 2 amide bonds. The van der Waals surface area contributed by atoms with E-state index in [4.69, 9.17) is 0 Å². The topological polar surface area (TPSA) is 49.4 Å². The van der Waals surface area contributed by atoms with Gasteiger partial charge in [-0.25, -0.2) is 0 Å². The molecule has 31 heavy (non-hydrogen) atoms. The van der Waals surface area contributed by atoms with Crippen LogP contribution in [0.25, 0.3) is 10.8 Å². The molecule has 0 fully saturated rings. The van der Waals surface area contributed by atoms with Gasteiger partial charge in [-0.1, -0.05) is 60.7 Å². The van der Waals surface area contributed by atoms with Crippen LogP contribution in [-0.2, 0) is 17.6 Å². The van der Waals surface area contributed by atoms with Crippen molar-refractivity contribution in [1.82, 2.24) is 0 Å². The third kappa shape index (κ3) is 3.92. The molecule has 0 saturated heterocycles. The molecule has 0 aliphatic carbocycles. The highest BCUT2D eigenvalue weighted by molar-refractivity contribution is 6.07. The first-order valence-corrected chi connectivity index (χ1v) is 10.4. The Kier molecular flexibility index (Phi) is 4.97. The number of hydrogen-bond donors (Lipinski definition) is 1. The standard InChI is InChI=1S/C27H22N2O2/c30-26(18-19-9-10-20-5-1-2-7-23(20)17-19)28-24-13-11-22(12-14-24)27(31)29-16-15-21-6-3-4-8-25(21)29/h1-14,17H,15-16,18H2,(H,28,30). The molecule has 4 heteroatoms. The zero-order valence-corrected chi connectivity index (χ0v) is 17.0. The lowest BCUT2D eigenvalue weighted by molar-refractivity contribution is -0.115. The van der Waals surface area contributed by atoms with E-state index in [-0.39, 0.29) is 11.8 Å². The molecular weight excluding hydrogens is 384 g/mol. The number of nitrogens with one attached hydrogen (secondary N) is 1. The van der Waals surface area contributed by atoms with Gasteiger partial charge >= 0.3 is 0 Å². The molecule has 1 aliphatic rings. The summed E-state index contributed by atoms with van der Waals surface area (Å²) in [7, 11) is 0. The van der Waals surface area contributed by atoms with Crippen molar-refractivity contribution >= 4 is 34.0 Å². The van der Waals surface area contributed by atoms with Crippen LogP contribution < -0.4 is 10.2 Å². The van der Waals surface area contributed by atoms with E-state index in [2.05, 4.69) is 17.4 Å². The molecule has 4 aromatic carbocycles. The molecule has 0 spiro atoms. The highest BCUT2D eigenvalue weighted by Gasteiger charge is 2.25. The molecule has 4 aromatic rings. The van der Waals surface area contributed by atoms with Crippen molar-refractivity contribution in [3.05, 3.63) is 108 Å². The van der Waals surface area contributed by atoms with Crippen LogP contribution in [0.15, 0.2) is 91.0 Å². The number of benzene rings is 4. The maximum Gasteiger partial charge on any atom is 0.258 e. The first kappa shape index (κ1) is 19.1. The fraction of sp³-hybridized carbons (Fsp3) is 0.111. The molecule has 1 aliphatic heterocycles. The number of nitrogens with zero attached hydrogens (tertiary/aromatic N) is 1. The number of carbonyl (C=O) groups excluding carboxylic acids is 2. The average Bonchev–Trinajstić information content (AvgIpc) is 3.23. The molecule has 0 unspecified atom stereocenters. The van der Waals surface area contributed by atoms with Crippen LogP contribution in [0.3, 0.4) is 0 Å². The highest BCUT2D eigenvalue weighted by atomic mass is 16.2. The van der Waals surface area contributed by atoms with Crippen molar-refractivity contribution in [3.63, 3.8) is 0 Å². The number of para-hydroxylation sites is 1. The minimum atomic E-state index is -0.0807. The van der Waals surface area contributed by atoms with Crippen molar-refractivity contribution < 1.29 is 9.59 Å². The van der Waals surface area contributed by atoms with Gasteiger partial charge in [-0.3, -0.25) is 9.59 Å². The lowest BCUT2D eigenvalue weighted by Gasteiger charge is -2.17. The molecule has 0 aromatic heterocycles. The Morgan fingerprint density at radius 1 is 0.806 bits per heavy atom. The molecule has 1 heterocycles. The summed E-state index contributed by atoms with van der Waals surface area (Å²) >= 11 is 0. The van der Waals surface area contributed by atoms with Gasteiger partial charge in [0, 0.05) is 23.5 Å². The Labute approximate surface area is 181 Å². The van der Waals surface area contributed by atoms with E-state index in [1.54, 1.807) is 24.3 Å². The first-order valence-electron chi connectivity index (χ1n) is 10.4. The molecule has 0 saturated carbocycles. The van der Waals surface area contributed by atoms with E-state index >= 15 is 0 Å². The summed E-state index contributed by atoms with van der Waals surface area (Å²) in [6.45, 7) is 0.697. The van der Waals surface area contributed by atoms with E-state index in [1.165, 1.54) is 5.56 Å². The van der Waals surface area contributed by atoms with Gasteiger partial charge in [0.25, 0.3) is 5.91 Å². The number of anilines is 2. The van der Waals surface area contributed by atoms with Gasteiger partial charge in [0.2, 0.25) is 5.91 Å². The van der Waals surface area contributed by atoms with Gasteiger partial charge in [0.15, 0.2) is 0 Å².